The predicted octanol–water partition coefficient (Wildman–Crippen LogP) is 0.834. The highest BCUT2D eigenvalue weighted by Gasteiger charge is 2.25. The second-order valence-electron chi connectivity index (χ2n) is 4.32. The lowest BCUT2D eigenvalue weighted by molar-refractivity contribution is -0.132. The Morgan fingerprint density at radius 1 is 1.59 bits per heavy atom. The Bertz CT molecular complexity index is 360. The summed E-state index contributed by atoms with van der Waals surface area (Å²) < 4.78 is 0. The van der Waals surface area contributed by atoms with Crippen molar-refractivity contribution in [2.75, 3.05) is 19.6 Å². The highest BCUT2D eigenvalue weighted by atomic mass is 16.2. The molecule has 0 aromatic carbocycles. The standard InChI is InChI=1S/C13H19N3O/c1-2-16(12-6-8-14-10-12)13(17)9-11-5-3-4-7-15-11/h3-5,7,12,14H,2,6,8-10H2,1H3. The number of hydrogen-bond acceptors (Lipinski definition) is 3. The molecule has 92 valence electrons. The first kappa shape index (κ1) is 12.0. The summed E-state index contributed by atoms with van der Waals surface area (Å²) in [5, 5.41) is 3.30. The molecule has 0 saturated carbocycles. The van der Waals surface area contributed by atoms with Crippen molar-refractivity contribution in [2.45, 2.75) is 25.8 Å². The molecule has 1 saturated heterocycles. The summed E-state index contributed by atoms with van der Waals surface area (Å²) in [6.45, 7) is 4.74. The van der Waals surface area contributed by atoms with Gasteiger partial charge in [0, 0.05) is 31.0 Å². The van der Waals surface area contributed by atoms with Gasteiger partial charge in [0.2, 0.25) is 5.91 Å². The maximum Gasteiger partial charge on any atom is 0.228 e. The lowest BCUT2D eigenvalue weighted by atomic mass is 10.2. The first-order valence-electron chi connectivity index (χ1n) is 6.21. The third-order valence-corrected chi connectivity index (χ3v) is 3.19. The van der Waals surface area contributed by atoms with E-state index >= 15 is 0 Å². The fourth-order valence-electron chi connectivity index (χ4n) is 2.30. The van der Waals surface area contributed by atoms with Crippen molar-refractivity contribution in [2.24, 2.45) is 0 Å². The maximum atomic E-state index is 12.2. The third kappa shape index (κ3) is 3.03. The lowest BCUT2D eigenvalue weighted by Crippen LogP contribution is -2.42. The average molecular weight is 233 g/mol. The van der Waals surface area contributed by atoms with Crippen molar-refractivity contribution in [1.82, 2.24) is 15.2 Å². The molecule has 2 heterocycles. The number of aromatic nitrogens is 1. The van der Waals surface area contributed by atoms with E-state index in [1.54, 1.807) is 6.20 Å². The van der Waals surface area contributed by atoms with E-state index in [0.29, 0.717) is 12.5 Å². The van der Waals surface area contributed by atoms with Gasteiger partial charge < -0.3 is 10.2 Å². The van der Waals surface area contributed by atoms with Gasteiger partial charge in [-0.15, -0.1) is 0 Å². The van der Waals surface area contributed by atoms with Crippen LogP contribution in [0.25, 0.3) is 0 Å². The molecule has 1 aliphatic rings. The van der Waals surface area contributed by atoms with E-state index in [0.717, 1.165) is 31.7 Å². The Morgan fingerprint density at radius 2 is 2.47 bits per heavy atom. The van der Waals surface area contributed by atoms with Gasteiger partial charge in [-0.25, -0.2) is 0 Å². The normalized spacial score (nSPS) is 19.2. The van der Waals surface area contributed by atoms with E-state index in [9.17, 15) is 4.79 Å². The zero-order valence-electron chi connectivity index (χ0n) is 10.2. The van der Waals surface area contributed by atoms with Gasteiger partial charge in [-0.2, -0.15) is 0 Å². The van der Waals surface area contributed by atoms with Crippen LogP contribution in [0.2, 0.25) is 0 Å². The molecular weight excluding hydrogens is 214 g/mol. The smallest absolute Gasteiger partial charge is 0.228 e. The molecule has 1 aromatic heterocycles. The number of amides is 1. The summed E-state index contributed by atoms with van der Waals surface area (Å²) in [5.41, 5.74) is 0.849. The summed E-state index contributed by atoms with van der Waals surface area (Å²) in [7, 11) is 0. The minimum Gasteiger partial charge on any atom is -0.338 e. The fraction of sp³-hybridized carbons (Fsp3) is 0.538. The van der Waals surface area contributed by atoms with Crippen LogP contribution in [0.4, 0.5) is 0 Å². The van der Waals surface area contributed by atoms with E-state index in [2.05, 4.69) is 10.3 Å². The summed E-state index contributed by atoms with van der Waals surface area (Å²) in [4.78, 5) is 18.4. The number of likely N-dealkylation sites (N-methyl/N-ethyl adjacent to an activating group) is 1. The Hall–Kier alpha value is -1.42. The van der Waals surface area contributed by atoms with Gasteiger partial charge in [-0.05, 0) is 32.0 Å². The fourth-order valence-corrected chi connectivity index (χ4v) is 2.30. The Kier molecular flexibility index (Phi) is 4.09. The number of nitrogens with zero attached hydrogens (tertiary/aromatic N) is 2. The minimum absolute atomic E-state index is 0.180. The first-order chi connectivity index (χ1) is 8.31. The first-order valence-corrected chi connectivity index (χ1v) is 6.21. The van der Waals surface area contributed by atoms with Gasteiger partial charge in [-0.1, -0.05) is 6.07 Å². The van der Waals surface area contributed by atoms with Gasteiger partial charge in [0.05, 0.1) is 6.42 Å². The summed E-state index contributed by atoms with van der Waals surface area (Å²) in [6.07, 6.45) is 3.20. The monoisotopic (exact) mass is 233 g/mol. The molecule has 4 nitrogen and oxygen atoms in total. The molecule has 1 amide bonds. The van der Waals surface area contributed by atoms with Crippen LogP contribution in [0.5, 0.6) is 0 Å². The second-order valence-corrected chi connectivity index (χ2v) is 4.32. The highest BCUT2D eigenvalue weighted by Crippen LogP contribution is 2.10. The van der Waals surface area contributed by atoms with Crippen LogP contribution in [-0.2, 0) is 11.2 Å². The second kappa shape index (κ2) is 5.77. The van der Waals surface area contributed by atoms with E-state index in [-0.39, 0.29) is 5.91 Å². The van der Waals surface area contributed by atoms with Gasteiger partial charge in [0.1, 0.15) is 0 Å². The zero-order valence-corrected chi connectivity index (χ0v) is 10.2. The van der Waals surface area contributed by atoms with Gasteiger partial charge in [-0.3, -0.25) is 9.78 Å². The number of carbonyl (C=O) groups is 1. The molecule has 1 aromatic rings. The lowest BCUT2D eigenvalue weighted by Gasteiger charge is -2.27. The van der Waals surface area contributed by atoms with Crippen molar-refractivity contribution in [1.29, 1.82) is 0 Å². The molecule has 2 rings (SSSR count). The van der Waals surface area contributed by atoms with Crippen molar-refractivity contribution >= 4 is 5.91 Å². The van der Waals surface area contributed by atoms with Crippen LogP contribution >= 0.6 is 0 Å². The van der Waals surface area contributed by atoms with E-state index in [4.69, 9.17) is 0 Å². The van der Waals surface area contributed by atoms with Crippen molar-refractivity contribution < 1.29 is 4.79 Å². The predicted molar refractivity (Wildman–Crippen MR) is 66.6 cm³/mol. The van der Waals surface area contributed by atoms with Crippen LogP contribution in [0.15, 0.2) is 24.4 Å². The van der Waals surface area contributed by atoms with Crippen LogP contribution < -0.4 is 5.32 Å². The van der Waals surface area contributed by atoms with Gasteiger partial charge >= 0.3 is 0 Å². The molecule has 1 fully saturated rings. The Morgan fingerprint density at radius 3 is 3.06 bits per heavy atom. The number of rotatable bonds is 4. The molecular formula is C13H19N3O. The maximum absolute atomic E-state index is 12.2. The molecule has 4 heteroatoms. The Balaban J connectivity index is 1.97. The quantitative estimate of drug-likeness (QED) is 0.838. The number of nitrogens with one attached hydrogen (secondary N) is 1. The molecule has 17 heavy (non-hydrogen) atoms. The van der Waals surface area contributed by atoms with Crippen LogP contribution in [0.1, 0.15) is 19.0 Å². The highest BCUT2D eigenvalue weighted by molar-refractivity contribution is 5.78. The molecule has 0 aliphatic carbocycles. The number of hydrogen-bond donors (Lipinski definition) is 1. The molecule has 1 N–H and O–H groups in total. The summed E-state index contributed by atoms with van der Waals surface area (Å²) >= 11 is 0. The molecule has 0 bridgehead atoms. The van der Waals surface area contributed by atoms with Crippen LogP contribution in [-0.4, -0.2) is 41.5 Å². The van der Waals surface area contributed by atoms with E-state index < -0.39 is 0 Å². The summed E-state index contributed by atoms with van der Waals surface area (Å²) in [6, 6.07) is 6.05. The van der Waals surface area contributed by atoms with Crippen molar-refractivity contribution in [3.8, 4) is 0 Å². The van der Waals surface area contributed by atoms with Crippen LogP contribution in [0, 0.1) is 0 Å². The molecule has 0 spiro atoms. The largest absolute Gasteiger partial charge is 0.338 e. The zero-order chi connectivity index (χ0) is 12.1. The van der Waals surface area contributed by atoms with E-state index in [1.165, 1.54) is 0 Å². The third-order valence-electron chi connectivity index (χ3n) is 3.19. The number of pyridine rings is 1. The summed E-state index contributed by atoms with van der Waals surface area (Å²) in [5.74, 6) is 0.180. The molecule has 1 unspecified atom stereocenters. The minimum atomic E-state index is 0.180. The molecule has 0 radical (unpaired) electrons. The topological polar surface area (TPSA) is 45.2 Å². The number of carbonyl (C=O) groups excluding carboxylic acids is 1. The van der Waals surface area contributed by atoms with Gasteiger partial charge in [0.25, 0.3) is 0 Å². The molecule has 1 aliphatic heterocycles. The Labute approximate surface area is 102 Å². The average Bonchev–Trinajstić information content (AvgIpc) is 2.85. The van der Waals surface area contributed by atoms with Gasteiger partial charge in [0.15, 0.2) is 0 Å². The van der Waals surface area contributed by atoms with Crippen molar-refractivity contribution in [3.05, 3.63) is 30.1 Å². The van der Waals surface area contributed by atoms with Crippen molar-refractivity contribution in [3.63, 3.8) is 0 Å². The van der Waals surface area contributed by atoms with Crippen LogP contribution in [0.3, 0.4) is 0 Å². The molecule has 1 atom stereocenters. The SMILES string of the molecule is CCN(C(=O)Cc1ccccn1)C1CCNC1. The van der Waals surface area contributed by atoms with E-state index in [1.807, 2.05) is 30.0 Å².